The molecule has 0 aliphatic carbocycles. The number of ether oxygens (including phenoxy) is 5. The van der Waals surface area contributed by atoms with E-state index in [2.05, 4.69) is 0 Å². The molecule has 3 unspecified atom stereocenters. The summed E-state index contributed by atoms with van der Waals surface area (Å²) in [7, 11) is -4.37. The Morgan fingerprint density at radius 1 is 1.03 bits per heavy atom. The average molecular weight is 444 g/mol. The lowest BCUT2D eigenvalue weighted by Crippen LogP contribution is -2.42. The van der Waals surface area contributed by atoms with E-state index in [1.54, 1.807) is 20.8 Å². The van der Waals surface area contributed by atoms with Gasteiger partial charge in [-0.2, -0.15) is 0 Å². The number of aliphatic hydroxyl groups excluding tert-OH is 1. The second-order valence-corrected chi connectivity index (χ2v) is 8.67. The van der Waals surface area contributed by atoms with Gasteiger partial charge in [0.15, 0.2) is 0 Å². The summed E-state index contributed by atoms with van der Waals surface area (Å²) in [5, 5.41) is 9.02. The topological polar surface area (TPSA) is 122 Å². The summed E-state index contributed by atoms with van der Waals surface area (Å²) in [5.74, 6) is 0. The summed E-state index contributed by atoms with van der Waals surface area (Å²) < 4.78 is 51.2. The summed E-state index contributed by atoms with van der Waals surface area (Å²) in [6, 6.07) is 0. The zero-order chi connectivity index (χ0) is 22.0. The fourth-order valence-corrected chi connectivity index (χ4v) is 3.86. The highest BCUT2D eigenvalue weighted by molar-refractivity contribution is 7.47. The molecule has 11 heteroatoms. The Morgan fingerprint density at radius 2 is 1.69 bits per heavy atom. The molecule has 174 valence electrons. The van der Waals surface area contributed by atoms with Gasteiger partial charge >= 0.3 is 7.82 Å². The van der Waals surface area contributed by atoms with Crippen LogP contribution in [0.25, 0.3) is 0 Å². The predicted octanol–water partition coefficient (Wildman–Crippen LogP) is 2.21. The summed E-state index contributed by atoms with van der Waals surface area (Å²) in [6.07, 6.45) is -2.72. The van der Waals surface area contributed by atoms with E-state index in [4.69, 9.17) is 37.8 Å². The van der Waals surface area contributed by atoms with E-state index in [1.807, 2.05) is 20.8 Å². The van der Waals surface area contributed by atoms with Crippen molar-refractivity contribution in [3.05, 3.63) is 0 Å². The van der Waals surface area contributed by atoms with Crippen molar-refractivity contribution in [3.63, 3.8) is 0 Å². The Morgan fingerprint density at radius 3 is 2.24 bits per heavy atom. The fourth-order valence-electron chi connectivity index (χ4n) is 2.71. The molecule has 1 heterocycles. The summed E-state index contributed by atoms with van der Waals surface area (Å²) in [4.78, 5) is 10.1. The first-order valence-electron chi connectivity index (χ1n) is 10.1. The molecule has 6 atom stereocenters. The Labute approximate surface area is 173 Å². The van der Waals surface area contributed by atoms with Gasteiger partial charge in [0.25, 0.3) is 6.48 Å². The molecular formula is C18H37O10P. The molecule has 0 spiro atoms. The smallest absolute Gasteiger partial charge is 0.394 e. The minimum absolute atomic E-state index is 0.0106. The Kier molecular flexibility index (Phi) is 12.4. The van der Waals surface area contributed by atoms with E-state index in [0.29, 0.717) is 6.61 Å². The van der Waals surface area contributed by atoms with Crippen LogP contribution in [-0.2, 0) is 37.3 Å². The molecule has 0 amide bonds. The molecule has 0 aromatic carbocycles. The van der Waals surface area contributed by atoms with Gasteiger partial charge in [-0.1, -0.05) is 6.92 Å². The van der Waals surface area contributed by atoms with E-state index in [0.717, 1.165) is 6.42 Å². The van der Waals surface area contributed by atoms with E-state index in [-0.39, 0.29) is 25.9 Å². The van der Waals surface area contributed by atoms with Crippen LogP contribution in [0.2, 0.25) is 0 Å². The van der Waals surface area contributed by atoms with Gasteiger partial charge in [-0.15, -0.1) is 0 Å². The van der Waals surface area contributed by atoms with Gasteiger partial charge in [0.05, 0.1) is 44.7 Å². The van der Waals surface area contributed by atoms with E-state index in [1.165, 1.54) is 0 Å². The number of rotatable bonds is 15. The average Bonchev–Trinajstić information content (AvgIpc) is 2.88. The molecule has 1 rings (SSSR count). The summed E-state index contributed by atoms with van der Waals surface area (Å²) in [6.45, 7) is 9.93. The van der Waals surface area contributed by atoms with E-state index >= 15 is 0 Å². The molecule has 10 nitrogen and oxygen atoms in total. The van der Waals surface area contributed by atoms with Crippen molar-refractivity contribution in [2.24, 2.45) is 0 Å². The van der Waals surface area contributed by atoms with Crippen molar-refractivity contribution in [3.8, 4) is 0 Å². The van der Waals surface area contributed by atoms with Gasteiger partial charge < -0.3 is 33.7 Å². The quantitative estimate of drug-likeness (QED) is 0.287. The first-order chi connectivity index (χ1) is 13.6. The molecule has 29 heavy (non-hydrogen) atoms. The molecule has 0 radical (unpaired) electrons. The van der Waals surface area contributed by atoms with Crippen LogP contribution in [0.4, 0.5) is 0 Å². The number of aliphatic hydroxyl groups is 1. The van der Waals surface area contributed by atoms with Crippen molar-refractivity contribution < 1.29 is 47.3 Å². The third-order valence-corrected chi connectivity index (χ3v) is 5.00. The number of hydrogen-bond donors (Lipinski definition) is 2. The minimum atomic E-state index is -4.37. The highest BCUT2D eigenvalue weighted by Crippen LogP contribution is 2.48. The Bertz CT molecular complexity index is 481. The molecule has 2 N–H and O–H groups in total. The second-order valence-electron chi connectivity index (χ2n) is 7.31. The second kappa shape index (κ2) is 13.3. The van der Waals surface area contributed by atoms with Crippen molar-refractivity contribution >= 4 is 7.82 Å². The van der Waals surface area contributed by atoms with Crippen molar-refractivity contribution in [1.82, 2.24) is 0 Å². The maximum atomic E-state index is 12.4. The maximum Gasteiger partial charge on any atom is 0.472 e. The molecule has 0 aromatic heterocycles. The summed E-state index contributed by atoms with van der Waals surface area (Å²) in [5.41, 5.74) is 0. The summed E-state index contributed by atoms with van der Waals surface area (Å²) >= 11 is 0. The number of phosphoric ester groups is 1. The van der Waals surface area contributed by atoms with Crippen LogP contribution in [0, 0.1) is 0 Å². The molecule has 0 bridgehead atoms. The normalized spacial score (nSPS) is 28.2. The zero-order valence-corrected chi connectivity index (χ0v) is 19.1. The Balaban J connectivity index is 2.96. The van der Waals surface area contributed by atoms with Crippen LogP contribution < -0.4 is 0 Å². The first-order valence-corrected chi connectivity index (χ1v) is 11.5. The lowest BCUT2D eigenvalue weighted by molar-refractivity contribution is -0.314. The van der Waals surface area contributed by atoms with Crippen LogP contribution >= 0.6 is 7.82 Å². The minimum Gasteiger partial charge on any atom is -0.394 e. The van der Waals surface area contributed by atoms with Crippen molar-refractivity contribution in [2.45, 2.75) is 91.1 Å². The molecular weight excluding hydrogens is 407 g/mol. The van der Waals surface area contributed by atoms with E-state index in [9.17, 15) is 9.46 Å². The Hall–Kier alpha value is -0.130. The van der Waals surface area contributed by atoms with Crippen molar-refractivity contribution in [2.75, 3.05) is 26.4 Å². The lowest BCUT2D eigenvalue weighted by atomic mass is 10.1. The van der Waals surface area contributed by atoms with Gasteiger partial charge in [0.2, 0.25) is 0 Å². The third-order valence-electron chi connectivity index (χ3n) is 3.81. The lowest BCUT2D eigenvalue weighted by Gasteiger charge is -2.29. The highest BCUT2D eigenvalue weighted by atomic mass is 31.2. The molecule has 1 aliphatic rings. The molecule has 1 aliphatic heterocycles. The number of phosphoric acid groups is 1. The van der Waals surface area contributed by atoms with Gasteiger partial charge in [-0.3, -0.25) is 9.05 Å². The van der Waals surface area contributed by atoms with Crippen molar-refractivity contribution in [1.29, 1.82) is 0 Å². The molecule has 1 saturated heterocycles. The van der Waals surface area contributed by atoms with Crippen LogP contribution in [0.15, 0.2) is 0 Å². The van der Waals surface area contributed by atoms with Crippen LogP contribution in [-0.4, -0.2) is 79.5 Å². The fraction of sp³-hybridized carbons (Fsp3) is 1.00. The maximum absolute atomic E-state index is 12.4. The molecule has 0 saturated carbocycles. The third kappa shape index (κ3) is 10.1. The van der Waals surface area contributed by atoms with Crippen LogP contribution in [0.1, 0.15) is 48.0 Å². The first kappa shape index (κ1) is 26.9. The highest BCUT2D eigenvalue weighted by Gasteiger charge is 2.49. The van der Waals surface area contributed by atoms with E-state index < -0.39 is 44.8 Å². The number of hydrogen-bond acceptors (Lipinski definition) is 9. The van der Waals surface area contributed by atoms with Crippen LogP contribution in [0.5, 0.6) is 0 Å². The van der Waals surface area contributed by atoms with Gasteiger partial charge in [0.1, 0.15) is 18.3 Å². The monoisotopic (exact) mass is 444 g/mol. The molecule has 1 fully saturated rings. The predicted molar refractivity (Wildman–Crippen MR) is 104 cm³/mol. The molecule has 0 aromatic rings. The van der Waals surface area contributed by atoms with Gasteiger partial charge in [-0.25, -0.2) is 4.57 Å². The van der Waals surface area contributed by atoms with Crippen LogP contribution in [0.3, 0.4) is 0 Å². The zero-order valence-electron chi connectivity index (χ0n) is 18.2. The largest absolute Gasteiger partial charge is 0.472 e. The van der Waals surface area contributed by atoms with Gasteiger partial charge in [-0.05, 0) is 41.0 Å². The standard InChI is InChI=1S/C18H37O10P/c1-7-9-22-18(23-10-8-19)26-16-14(6)25-15(11-24-12(2)3)17(16)28-29(20,21)27-13(4)5/h12-19H,7-11H2,1-6H3,(H,20,21)/t14-,15+,16?,17-,18?/m0/s1. The van der Waals surface area contributed by atoms with Gasteiger partial charge in [0, 0.05) is 0 Å². The SMILES string of the molecule is CCCOC(OCCO)OC1[C@H](C)O[C@H](COC(C)C)[C@@H]1OP(=O)(O)OC(C)C.